The normalized spacial score (nSPS) is 14.4. The number of phenolic OH excluding ortho intramolecular Hbond substituents is 1. The summed E-state index contributed by atoms with van der Waals surface area (Å²) in [6, 6.07) is 52.5. The van der Waals surface area contributed by atoms with E-state index in [0.29, 0.717) is 11.4 Å². The fourth-order valence-electron chi connectivity index (χ4n) is 10.9. The molecule has 6 aromatic carbocycles. The number of allylic oxidation sites excluding steroid dienone is 3. The van der Waals surface area contributed by atoms with Crippen molar-refractivity contribution in [1.82, 2.24) is 19.3 Å². The van der Waals surface area contributed by atoms with Crippen molar-refractivity contribution >= 4 is 35.4 Å². The average molecular weight is 956 g/mol. The Hall–Kier alpha value is -7.64. The fraction of sp³-hybridized carbons (Fsp3) is 0.242. The number of benzene rings is 6. The Labute approximate surface area is 433 Å². The zero-order chi connectivity index (χ0) is 51.4. The summed E-state index contributed by atoms with van der Waals surface area (Å²) in [5, 5.41) is 12.9. The Morgan fingerprint density at radius 1 is 0.548 bits per heavy atom. The molecular weight excluding hydrogens is 890 g/mol. The molecule has 8 aromatic rings. The van der Waals surface area contributed by atoms with Crippen LogP contribution in [0, 0.1) is 0 Å². The van der Waals surface area contributed by atoms with Gasteiger partial charge in [-0.15, -0.1) is 0 Å². The van der Waals surface area contributed by atoms with Crippen LogP contribution in [0.5, 0.6) is 5.75 Å². The number of rotatable bonds is 6. The highest BCUT2D eigenvalue weighted by molar-refractivity contribution is 6.85. The quantitative estimate of drug-likeness (QED) is 0.168. The SMILES string of the molecule is CC(C)(C)c1ccc(-n2c(-c3cc(C(C)(C)C)cc(C(C)(C)C)c3O)nc3c2C=C2C=CC=C4N2B3c2cc(-c3cc(-c5ccccc5)ccn3)cc(C(C)(C)C)c2N4c2ccccc2)c(-c2ccccc2)c1. The molecule has 0 bridgehead atoms. The van der Waals surface area contributed by atoms with E-state index in [1.54, 1.807) is 0 Å². The molecule has 0 aliphatic carbocycles. The van der Waals surface area contributed by atoms with Crippen LogP contribution in [-0.4, -0.2) is 31.3 Å². The molecule has 6 nitrogen and oxygen atoms in total. The van der Waals surface area contributed by atoms with Gasteiger partial charge in [0.1, 0.15) is 17.4 Å². The van der Waals surface area contributed by atoms with Crippen molar-refractivity contribution in [2.24, 2.45) is 0 Å². The molecule has 0 atom stereocenters. The predicted octanol–water partition coefficient (Wildman–Crippen LogP) is 15.2. The highest BCUT2D eigenvalue weighted by Crippen LogP contribution is 2.49. The van der Waals surface area contributed by atoms with Crippen LogP contribution in [0.3, 0.4) is 0 Å². The zero-order valence-corrected chi connectivity index (χ0v) is 44.5. The lowest BCUT2D eigenvalue weighted by Crippen LogP contribution is -2.64. The molecule has 0 saturated heterocycles. The first-order valence-electron chi connectivity index (χ1n) is 25.8. The van der Waals surface area contributed by atoms with Gasteiger partial charge >= 0.3 is 6.85 Å². The molecule has 7 heteroatoms. The van der Waals surface area contributed by atoms with Crippen LogP contribution in [0.1, 0.15) is 111 Å². The molecular formula is C66H66BN5O. The Morgan fingerprint density at radius 2 is 1.18 bits per heavy atom. The molecule has 3 aliphatic rings. The van der Waals surface area contributed by atoms with Crippen LogP contribution < -0.4 is 16.0 Å². The minimum absolute atomic E-state index is 0.105. The van der Waals surface area contributed by atoms with Gasteiger partial charge in [-0.3, -0.25) is 14.5 Å². The third-order valence-electron chi connectivity index (χ3n) is 14.9. The molecule has 0 amide bonds. The smallest absolute Gasteiger partial charge is 0.354 e. The van der Waals surface area contributed by atoms with E-state index >= 15 is 0 Å². The number of phenols is 1. The number of imidazole rings is 1. The van der Waals surface area contributed by atoms with E-state index in [4.69, 9.17) is 9.97 Å². The first kappa shape index (κ1) is 47.7. The van der Waals surface area contributed by atoms with Crippen LogP contribution >= 0.6 is 0 Å². The largest absolute Gasteiger partial charge is 0.507 e. The van der Waals surface area contributed by atoms with Crippen molar-refractivity contribution in [2.75, 3.05) is 4.90 Å². The highest BCUT2D eigenvalue weighted by atomic mass is 16.3. The number of aromatic nitrogens is 3. The van der Waals surface area contributed by atoms with E-state index in [2.05, 4.69) is 267 Å². The summed E-state index contributed by atoms with van der Waals surface area (Å²) in [6.45, 7) is 26.7. The third-order valence-corrected chi connectivity index (χ3v) is 14.9. The van der Waals surface area contributed by atoms with Crippen LogP contribution in [0.25, 0.3) is 56.7 Å². The number of hydrogen-bond donors (Lipinski definition) is 1. The molecule has 0 unspecified atom stereocenters. The van der Waals surface area contributed by atoms with Gasteiger partial charge in [0.15, 0.2) is 0 Å². The Balaban J connectivity index is 1.28. The third kappa shape index (κ3) is 8.33. The number of nitrogens with zero attached hydrogens (tertiary/aromatic N) is 5. The summed E-state index contributed by atoms with van der Waals surface area (Å²) in [6.07, 6.45) is 10.9. The molecule has 5 heterocycles. The molecule has 1 N–H and O–H groups in total. The van der Waals surface area contributed by atoms with Crippen LogP contribution in [-0.2, 0) is 21.7 Å². The molecule has 0 spiro atoms. The molecule has 3 aliphatic heterocycles. The first-order chi connectivity index (χ1) is 34.7. The van der Waals surface area contributed by atoms with Gasteiger partial charge in [0.25, 0.3) is 0 Å². The summed E-state index contributed by atoms with van der Waals surface area (Å²) >= 11 is 0. The predicted molar refractivity (Wildman–Crippen MR) is 307 cm³/mol. The van der Waals surface area contributed by atoms with E-state index in [1.165, 1.54) is 11.1 Å². The minimum atomic E-state index is -0.372. The Morgan fingerprint density at radius 3 is 1.82 bits per heavy atom. The van der Waals surface area contributed by atoms with Gasteiger partial charge in [-0.2, -0.15) is 0 Å². The number of pyridine rings is 1. The maximum atomic E-state index is 12.9. The zero-order valence-electron chi connectivity index (χ0n) is 44.5. The van der Waals surface area contributed by atoms with Gasteiger partial charge < -0.3 is 9.92 Å². The van der Waals surface area contributed by atoms with E-state index in [1.807, 2.05) is 6.20 Å². The standard InChI is InChI=1S/C66H66BN5O/c1-63(2,3)46-31-32-56(50(38-46)43-25-18-14-19-26-43)71-57-41-49-29-22-30-58-70(48-27-20-15-21-28-48)59-52(65(7,8)9)35-45(55-37-44(33-34-68-55)42-23-16-13-17-24-42)36-54(59)67(72(49)58)61(57)69-62(71)51-39-47(64(4,5)6)40-53(60(51)73)66(10,11)12/h13-41,73H,1-12H3. The van der Waals surface area contributed by atoms with Crippen molar-refractivity contribution in [3.63, 3.8) is 0 Å². The molecule has 0 saturated carbocycles. The summed E-state index contributed by atoms with van der Waals surface area (Å²) < 4.78 is 2.36. The van der Waals surface area contributed by atoms with Crippen molar-refractivity contribution in [2.45, 2.75) is 105 Å². The molecule has 11 rings (SSSR count). The summed E-state index contributed by atoms with van der Waals surface area (Å²) in [7, 11) is 0. The van der Waals surface area contributed by atoms with Crippen LogP contribution in [0.15, 0.2) is 182 Å². The first-order valence-corrected chi connectivity index (χ1v) is 25.8. The van der Waals surface area contributed by atoms with E-state index in [-0.39, 0.29) is 34.3 Å². The van der Waals surface area contributed by atoms with Crippen molar-refractivity contribution in [3.8, 4) is 56.3 Å². The maximum absolute atomic E-state index is 12.9. The van der Waals surface area contributed by atoms with Crippen molar-refractivity contribution < 1.29 is 5.11 Å². The van der Waals surface area contributed by atoms with Gasteiger partial charge in [0.2, 0.25) is 0 Å². The van der Waals surface area contributed by atoms with Gasteiger partial charge in [-0.25, -0.2) is 4.98 Å². The van der Waals surface area contributed by atoms with Gasteiger partial charge in [0, 0.05) is 40.0 Å². The molecule has 364 valence electrons. The Kier molecular flexibility index (Phi) is 11.3. The summed E-state index contributed by atoms with van der Waals surface area (Å²) in [4.78, 5) is 16.0. The average Bonchev–Trinajstić information content (AvgIpc) is 3.74. The maximum Gasteiger partial charge on any atom is 0.354 e. The lowest BCUT2D eigenvalue weighted by molar-refractivity contribution is 0.446. The van der Waals surface area contributed by atoms with Crippen molar-refractivity contribution in [1.29, 1.82) is 0 Å². The van der Waals surface area contributed by atoms with Crippen LogP contribution in [0.4, 0.5) is 11.4 Å². The monoisotopic (exact) mass is 956 g/mol. The summed E-state index contributed by atoms with van der Waals surface area (Å²) in [5.41, 5.74) is 17.9. The number of aromatic hydroxyl groups is 1. The second-order valence-electron chi connectivity index (χ2n) is 24.2. The Bertz CT molecular complexity index is 3560. The van der Waals surface area contributed by atoms with E-state index in [9.17, 15) is 5.11 Å². The summed E-state index contributed by atoms with van der Waals surface area (Å²) in [5.74, 6) is 2.00. The minimum Gasteiger partial charge on any atom is -0.507 e. The van der Waals surface area contributed by atoms with Gasteiger partial charge in [0.05, 0.1) is 28.2 Å². The second-order valence-corrected chi connectivity index (χ2v) is 24.2. The number of hydrogen-bond acceptors (Lipinski definition) is 5. The fourth-order valence-corrected chi connectivity index (χ4v) is 10.9. The number of anilines is 2. The lowest BCUT2D eigenvalue weighted by atomic mass is 9.47. The number of para-hydroxylation sites is 1. The second kappa shape index (κ2) is 17.3. The molecule has 0 radical (unpaired) electrons. The van der Waals surface area contributed by atoms with Crippen LogP contribution in [0.2, 0.25) is 0 Å². The highest BCUT2D eigenvalue weighted by Gasteiger charge is 2.49. The molecule has 0 fully saturated rings. The van der Waals surface area contributed by atoms with E-state index < -0.39 is 0 Å². The van der Waals surface area contributed by atoms with Crippen molar-refractivity contribution in [3.05, 3.63) is 209 Å². The van der Waals surface area contributed by atoms with E-state index in [0.717, 1.165) is 90.0 Å². The van der Waals surface area contributed by atoms with Gasteiger partial charge in [-0.1, -0.05) is 186 Å². The van der Waals surface area contributed by atoms with Gasteiger partial charge in [-0.05, 0) is 127 Å². The lowest BCUT2D eigenvalue weighted by Gasteiger charge is -2.49. The molecule has 2 aromatic heterocycles. The topological polar surface area (TPSA) is 57.4 Å². The number of fused-ring (bicyclic) bond motifs is 4. The molecule has 73 heavy (non-hydrogen) atoms.